The number of rotatable bonds is 3. The molecule has 0 bridgehead atoms. The molecule has 86 valence electrons. The fourth-order valence-electron chi connectivity index (χ4n) is 1.28. The van der Waals surface area contributed by atoms with Gasteiger partial charge in [-0.05, 0) is 12.1 Å². The normalized spacial score (nSPS) is 10.9. The lowest BCUT2D eigenvalue weighted by Crippen LogP contribution is -1.84. The number of carboxylic acids is 1. The number of hydrogen-bond acceptors (Lipinski definition) is 3. The summed E-state index contributed by atoms with van der Waals surface area (Å²) in [5, 5.41) is 9.40. The summed E-state index contributed by atoms with van der Waals surface area (Å²) in [5.74, 6) is -0.958. The quantitative estimate of drug-likeness (QED) is 0.880. The highest BCUT2D eigenvalue weighted by Gasteiger charge is 2.06. The fraction of sp³-hybridized carbons (Fsp3) is 0. The van der Waals surface area contributed by atoms with Gasteiger partial charge >= 0.3 is 5.97 Å². The minimum Gasteiger partial charge on any atom is -0.478 e. The number of carbonyl (C=O) groups is 1. The van der Waals surface area contributed by atoms with Gasteiger partial charge in [0.25, 0.3) is 0 Å². The highest BCUT2D eigenvalue weighted by atomic mass is 79.9. The number of hydrogen-bond donors (Lipinski definition) is 1. The van der Waals surface area contributed by atoms with Gasteiger partial charge in [0.1, 0.15) is 5.01 Å². The van der Waals surface area contributed by atoms with Crippen LogP contribution in [0.1, 0.15) is 4.88 Å². The molecule has 0 aliphatic rings. The van der Waals surface area contributed by atoms with Crippen molar-refractivity contribution in [2.45, 2.75) is 0 Å². The lowest BCUT2D eigenvalue weighted by Gasteiger charge is -1.98. The molecule has 0 amide bonds. The van der Waals surface area contributed by atoms with Crippen LogP contribution in [-0.2, 0) is 4.79 Å². The summed E-state index contributed by atoms with van der Waals surface area (Å²) in [7, 11) is 0. The molecular weight excluding hydrogens is 302 g/mol. The summed E-state index contributed by atoms with van der Waals surface area (Å²) in [6.07, 6.45) is 4.32. The zero-order chi connectivity index (χ0) is 12.3. The molecular formula is C12H8BrNO2S. The number of halogens is 1. The molecule has 0 unspecified atom stereocenters. The number of thiazole rings is 1. The molecule has 0 aliphatic carbocycles. The van der Waals surface area contributed by atoms with Gasteiger partial charge in [-0.25, -0.2) is 9.78 Å². The van der Waals surface area contributed by atoms with Gasteiger partial charge in [0.05, 0.1) is 0 Å². The zero-order valence-corrected chi connectivity index (χ0v) is 11.0. The summed E-state index contributed by atoms with van der Waals surface area (Å²) < 4.78 is 0.975. The number of benzene rings is 1. The molecule has 0 saturated heterocycles. The minimum absolute atomic E-state index is 0.818. The number of aliphatic carboxylic acids is 1. The molecule has 0 saturated carbocycles. The summed E-state index contributed by atoms with van der Waals surface area (Å²) in [4.78, 5) is 15.5. The van der Waals surface area contributed by atoms with Crippen LogP contribution in [0.15, 0.2) is 41.0 Å². The Morgan fingerprint density at radius 1 is 1.41 bits per heavy atom. The van der Waals surface area contributed by atoms with Crippen molar-refractivity contribution in [3.05, 3.63) is 45.9 Å². The third-order valence-electron chi connectivity index (χ3n) is 2.02. The standard InChI is InChI=1S/C12H8BrNO2S/c13-10-4-2-1-3-9(10)12-14-7-8(17-12)5-6-11(15)16/h1-7H,(H,15,16)/b6-5+. The van der Waals surface area contributed by atoms with Gasteiger partial charge in [-0.2, -0.15) is 0 Å². The van der Waals surface area contributed by atoms with Gasteiger partial charge in [0, 0.05) is 27.2 Å². The molecule has 0 aliphatic heterocycles. The van der Waals surface area contributed by atoms with E-state index in [9.17, 15) is 4.79 Å². The molecule has 1 aromatic heterocycles. The van der Waals surface area contributed by atoms with Gasteiger partial charge in [0.15, 0.2) is 0 Å². The molecule has 17 heavy (non-hydrogen) atoms. The minimum atomic E-state index is -0.958. The Bertz CT molecular complexity index is 577. The number of aromatic nitrogens is 1. The summed E-state index contributed by atoms with van der Waals surface area (Å²) in [6.45, 7) is 0. The summed E-state index contributed by atoms with van der Waals surface area (Å²) in [6, 6.07) is 7.79. The topological polar surface area (TPSA) is 50.2 Å². The van der Waals surface area contributed by atoms with Crippen molar-refractivity contribution >= 4 is 39.3 Å². The molecule has 1 heterocycles. The maximum absolute atomic E-state index is 10.4. The van der Waals surface area contributed by atoms with Crippen molar-refractivity contribution in [2.24, 2.45) is 0 Å². The van der Waals surface area contributed by atoms with Crippen LogP contribution in [0.2, 0.25) is 0 Å². The maximum atomic E-state index is 10.4. The lowest BCUT2D eigenvalue weighted by molar-refractivity contribution is -0.131. The second-order valence-electron chi connectivity index (χ2n) is 3.22. The average molecular weight is 310 g/mol. The summed E-state index contributed by atoms with van der Waals surface area (Å²) in [5.41, 5.74) is 1.01. The Kier molecular flexibility index (Phi) is 3.71. The molecule has 5 heteroatoms. The van der Waals surface area contributed by atoms with Crippen LogP contribution in [0.4, 0.5) is 0 Å². The van der Waals surface area contributed by atoms with Crippen molar-refractivity contribution < 1.29 is 9.90 Å². The van der Waals surface area contributed by atoms with Gasteiger partial charge in [-0.3, -0.25) is 0 Å². The van der Waals surface area contributed by atoms with E-state index in [2.05, 4.69) is 20.9 Å². The maximum Gasteiger partial charge on any atom is 0.328 e. The zero-order valence-electron chi connectivity index (χ0n) is 8.63. The molecule has 0 atom stereocenters. The smallest absolute Gasteiger partial charge is 0.328 e. The van der Waals surface area contributed by atoms with E-state index in [-0.39, 0.29) is 0 Å². The van der Waals surface area contributed by atoms with Crippen molar-refractivity contribution in [2.75, 3.05) is 0 Å². The van der Waals surface area contributed by atoms with Crippen LogP contribution >= 0.6 is 27.3 Å². The van der Waals surface area contributed by atoms with Crippen molar-refractivity contribution in [1.82, 2.24) is 4.98 Å². The number of carboxylic acid groups (broad SMARTS) is 1. The largest absolute Gasteiger partial charge is 0.478 e. The molecule has 3 nitrogen and oxygen atoms in total. The second-order valence-corrected chi connectivity index (χ2v) is 5.14. The van der Waals surface area contributed by atoms with Crippen LogP contribution in [0.25, 0.3) is 16.6 Å². The predicted molar refractivity (Wildman–Crippen MR) is 71.9 cm³/mol. The SMILES string of the molecule is O=C(O)/C=C/c1cnc(-c2ccccc2Br)s1. The third kappa shape index (κ3) is 3.01. The van der Waals surface area contributed by atoms with E-state index in [1.54, 1.807) is 12.3 Å². The molecule has 1 aromatic carbocycles. The Labute approximate surface area is 111 Å². The Hall–Kier alpha value is -1.46. The first-order valence-electron chi connectivity index (χ1n) is 4.78. The van der Waals surface area contributed by atoms with Gasteiger partial charge in [0.2, 0.25) is 0 Å². The molecule has 2 aromatic rings. The van der Waals surface area contributed by atoms with Crippen LogP contribution in [-0.4, -0.2) is 16.1 Å². The van der Waals surface area contributed by atoms with Crippen molar-refractivity contribution in [3.63, 3.8) is 0 Å². The van der Waals surface area contributed by atoms with Crippen LogP contribution in [0, 0.1) is 0 Å². The van der Waals surface area contributed by atoms with Crippen molar-refractivity contribution in [1.29, 1.82) is 0 Å². The second kappa shape index (κ2) is 5.25. The van der Waals surface area contributed by atoms with Gasteiger partial charge in [-0.15, -0.1) is 11.3 Å². The summed E-state index contributed by atoms with van der Waals surface area (Å²) >= 11 is 4.91. The highest BCUT2D eigenvalue weighted by Crippen LogP contribution is 2.31. The van der Waals surface area contributed by atoms with E-state index in [1.165, 1.54) is 11.3 Å². The molecule has 0 spiro atoms. The van der Waals surface area contributed by atoms with E-state index in [0.717, 1.165) is 26.0 Å². The average Bonchev–Trinajstić information content (AvgIpc) is 2.75. The third-order valence-corrected chi connectivity index (χ3v) is 3.71. The predicted octanol–water partition coefficient (Wildman–Crippen LogP) is 3.67. The van der Waals surface area contributed by atoms with E-state index < -0.39 is 5.97 Å². The fourth-order valence-corrected chi connectivity index (χ4v) is 2.74. The first-order valence-corrected chi connectivity index (χ1v) is 6.39. The molecule has 1 N–H and O–H groups in total. The molecule has 0 fully saturated rings. The number of nitrogens with zero attached hydrogens (tertiary/aromatic N) is 1. The van der Waals surface area contributed by atoms with Crippen LogP contribution in [0.5, 0.6) is 0 Å². The molecule has 2 rings (SSSR count). The van der Waals surface area contributed by atoms with E-state index >= 15 is 0 Å². The monoisotopic (exact) mass is 309 g/mol. The Balaban J connectivity index is 2.30. The first-order chi connectivity index (χ1) is 8.16. The Morgan fingerprint density at radius 3 is 2.88 bits per heavy atom. The van der Waals surface area contributed by atoms with Gasteiger partial charge in [-0.1, -0.05) is 34.1 Å². The van der Waals surface area contributed by atoms with Crippen LogP contribution < -0.4 is 0 Å². The van der Waals surface area contributed by atoms with E-state index in [0.29, 0.717) is 0 Å². The highest BCUT2D eigenvalue weighted by molar-refractivity contribution is 9.10. The van der Waals surface area contributed by atoms with E-state index in [4.69, 9.17) is 5.11 Å². The van der Waals surface area contributed by atoms with Crippen LogP contribution in [0.3, 0.4) is 0 Å². The lowest BCUT2D eigenvalue weighted by atomic mass is 10.2. The van der Waals surface area contributed by atoms with Gasteiger partial charge < -0.3 is 5.11 Å². The molecule has 0 radical (unpaired) electrons. The Morgan fingerprint density at radius 2 is 2.18 bits per heavy atom. The van der Waals surface area contributed by atoms with Crippen molar-refractivity contribution in [3.8, 4) is 10.6 Å². The van der Waals surface area contributed by atoms with E-state index in [1.807, 2.05) is 24.3 Å². The first kappa shape index (κ1) is 12.0.